The van der Waals surface area contributed by atoms with Gasteiger partial charge in [0.05, 0.1) is 18.2 Å². The summed E-state index contributed by atoms with van der Waals surface area (Å²) in [4.78, 5) is 6.63. The standard InChI is InChI=1S/C15H19N3O/c16-8-12-4-6-17-14(7-12)18-9-13-3-1-2-5-15(13,10-18)11-19/h4,6-7,13,19H,1-3,5,9-11H2. The van der Waals surface area contributed by atoms with E-state index in [1.54, 1.807) is 12.3 Å². The van der Waals surface area contributed by atoms with E-state index in [-0.39, 0.29) is 12.0 Å². The number of aliphatic hydroxyl groups is 1. The first kappa shape index (κ1) is 12.4. The highest BCUT2D eigenvalue weighted by Gasteiger charge is 2.47. The zero-order valence-electron chi connectivity index (χ0n) is 11.0. The van der Waals surface area contributed by atoms with Crippen molar-refractivity contribution in [1.29, 1.82) is 5.26 Å². The summed E-state index contributed by atoms with van der Waals surface area (Å²) in [6.45, 7) is 2.10. The molecule has 0 aromatic carbocycles. The predicted molar refractivity (Wildman–Crippen MR) is 72.6 cm³/mol. The van der Waals surface area contributed by atoms with E-state index in [0.717, 1.165) is 25.3 Å². The molecule has 4 heteroatoms. The van der Waals surface area contributed by atoms with Crippen LogP contribution < -0.4 is 4.90 Å². The van der Waals surface area contributed by atoms with E-state index in [9.17, 15) is 5.11 Å². The molecule has 4 nitrogen and oxygen atoms in total. The number of nitrogens with zero attached hydrogens (tertiary/aromatic N) is 3. The average Bonchev–Trinajstić information content (AvgIpc) is 2.87. The highest BCUT2D eigenvalue weighted by Crippen LogP contribution is 2.47. The lowest BCUT2D eigenvalue weighted by molar-refractivity contribution is 0.0626. The maximum Gasteiger partial charge on any atom is 0.129 e. The first-order valence-corrected chi connectivity index (χ1v) is 6.99. The number of hydrogen-bond donors (Lipinski definition) is 1. The molecule has 1 N–H and O–H groups in total. The topological polar surface area (TPSA) is 60.2 Å². The second kappa shape index (κ2) is 4.82. The molecule has 0 spiro atoms. The maximum absolute atomic E-state index is 9.82. The highest BCUT2D eigenvalue weighted by atomic mass is 16.3. The lowest BCUT2D eigenvalue weighted by atomic mass is 9.69. The van der Waals surface area contributed by atoms with E-state index in [1.165, 1.54) is 19.3 Å². The quantitative estimate of drug-likeness (QED) is 0.879. The van der Waals surface area contributed by atoms with E-state index >= 15 is 0 Å². The summed E-state index contributed by atoms with van der Waals surface area (Å²) in [5.41, 5.74) is 0.709. The first-order valence-electron chi connectivity index (χ1n) is 6.99. The van der Waals surface area contributed by atoms with Gasteiger partial charge in [-0.2, -0.15) is 5.26 Å². The molecule has 19 heavy (non-hydrogen) atoms. The van der Waals surface area contributed by atoms with Gasteiger partial charge in [0.25, 0.3) is 0 Å². The minimum Gasteiger partial charge on any atom is -0.396 e. The zero-order chi connectivity index (χ0) is 13.3. The fraction of sp³-hybridized carbons (Fsp3) is 0.600. The average molecular weight is 257 g/mol. The number of aromatic nitrogens is 1. The molecule has 2 atom stereocenters. The molecule has 2 aliphatic rings. The Bertz CT molecular complexity index is 510. The molecule has 1 saturated carbocycles. The predicted octanol–water partition coefficient (Wildman–Crippen LogP) is 1.94. The summed E-state index contributed by atoms with van der Waals surface area (Å²) in [6, 6.07) is 5.74. The van der Waals surface area contributed by atoms with Crippen LogP contribution in [-0.4, -0.2) is 29.8 Å². The van der Waals surface area contributed by atoms with Crippen LogP contribution in [0, 0.1) is 22.7 Å². The van der Waals surface area contributed by atoms with Gasteiger partial charge in [-0.15, -0.1) is 0 Å². The Balaban J connectivity index is 1.86. The van der Waals surface area contributed by atoms with Crippen LogP contribution in [0.4, 0.5) is 5.82 Å². The fourth-order valence-electron chi connectivity index (χ4n) is 3.68. The smallest absolute Gasteiger partial charge is 0.129 e. The lowest BCUT2D eigenvalue weighted by Gasteiger charge is -2.36. The van der Waals surface area contributed by atoms with Crippen molar-refractivity contribution in [2.45, 2.75) is 25.7 Å². The fourth-order valence-corrected chi connectivity index (χ4v) is 3.68. The van der Waals surface area contributed by atoms with Crippen LogP contribution in [0.1, 0.15) is 31.2 Å². The van der Waals surface area contributed by atoms with Crippen molar-refractivity contribution >= 4 is 5.82 Å². The van der Waals surface area contributed by atoms with Crippen LogP contribution in [0.3, 0.4) is 0 Å². The van der Waals surface area contributed by atoms with Crippen LogP contribution >= 0.6 is 0 Å². The zero-order valence-corrected chi connectivity index (χ0v) is 11.0. The third kappa shape index (κ3) is 2.08. The van der Waals surface area contributed by atoms with Gasteiger partial charge in [-0.3, -0.25) is 0 Å². The summed E-state index contributed by atoms with van der Waals surface area (Å²) in [6.07, 6.45) is 6.50. The van der Waals surface area contributed by atoms with Crippen LogP contribution in [0.25, 0.3) is 0 Å². The number of fused-ring (bicyclic) bond motifs is 1. The number of anilines is 1. The number of hydrogen-bond acceptors (Lipinski definition) is 4. The molecule has 2 unspecified atom stereocenters. The molecule has 100 valence electrons. The van der Waals surface area contributed by atoms with Gasteiger partial charge >= 0.3 is 0 Å². The Morgan fingerprint density at radius 1 is 1.53 bits per heavy atom. The minimum absolute atomic E-state index is 0.0581. The Hall–Kier alpha value is -1.60. The largest absolute Gasteiger partial charge is 0.396 e. The van der Waals surface area contributed by atoms with Crippen molar-refractivity contribution in [3.05, 3.63) is 23.9 Å². The maximum atomic E-state index is 9.82. The molecule has 2 heterocycles. The summed E-state index contributed by atoms with van der Waals surface area (Å²) in [7, 11) is 0. The molecule has 2 fully saturated rings. The minimum atomic E-state index is 0.0581. The van der Waals surface area contributed by atoms with Gasteiger partial charge in [0.2, 0.25) is 0 Å². The summed E-state index contributed by atoms with van der Waals surface area (Å²) in [5, 5.41) is 18.8. The number of aliphatic hydroxyl groups excluding tert-OH is 1. The van der Waals surface area contributed by atoms with Gasteiger partial charge in [-0.05, 0) is 30.9 Å². The number of rotatable bonds is 2. The van der Waals surface area contributed by atoms with Crippen molar-refractivity contribution in [2.24, 2.45) is 11.3 Å². The monoisotopic (exact) mass is 257 g/mol. The van der Waals surface area contributed by atoms with Gasteiger partial charge in [0, 0.05) is 24.7 Å². The Morgan fingerprint density at radius 2 is 2.42 bits per heavy atom. The number of nitriles is 1. The van der Waals surface area contributed by atoms with Gasteiger partial charge in [0.1, 0.15) is 5.82 Å². The molecule has 0 amide bonds. The summed E-state index contributed by atoms with van der Waals surface area (Å²) < 4.78 is 0. The van der Waals surface area contributed by atoms with Gasteiger partial charge in [-0.1, -0.05) is 12.8 Å². The Morgan fingerprint density at radius 3 is 3.16 bits per heavy atom. The Labute approximate surface area is 113 Å². The third-order valence-electron chi connectivity index (χ3n) is 4.80. The van der Waals surface area contributed by atoms with Crippen LogP contribution in [-0.2, 0) is 0 Å². The van der Waals surface area contributed by atoms with Crippen molar-refractivity contribution in [3.8, 4) is 6.07 Å². The van der Waals surface area contributed by atoms with E-state index < -0.39 is 0 Å². The van der Waals surface area contributed by atoms with E-state index in [1.807, 2.05) is 6.07 Å². The molecule has 1 aromatic heterocycles. The van der Waals surface area contributed by atoms with Gasteiger partial charge in [-0.25, -0.2) is 4.98 Å². The van der Waals surface area contributed by atoms with Crippen molar-refractivity contribution in [1.82, 2.24) is 4.98 Å². The summed E-state index contributed by atoms with van der Waals surface area (Å²) in [5.74, 6) is 1.44. The van der Waals surface area contributed by atoms with Crippen LogP contribution in [0.15, 0.2) is 18.3 Å². The second-order valence-corrected chi connectivity index (χ2v) is 5.86. The van der Waals surface area contributed by atoms with Crippen LogP contribution in [0.5, 0.6) is 0 Å². The van der Waals surface area contributed by atoms with Crippen molar-refractivity contribution in [2.75, 3.05) is 24.6 Å². The third-order valence-corrected chi connectivity index (χ3v) is 4.80. The molecular formula is C15H19N3O. The molecule has 0 radical (unpaired) electrons. The van der Waals surface area contributed by atoms with E-state index in [4.69, 9.17) is 5.26 Å². The molecule has 1 aliphatic carbocycles. The Kier molecular flexibility index (Phi) is 3.16. The molecule has 1 aliphatic heterocycles. The molecular weight excluding hydrogens is 238 g/mol. The molecule has 0 bridgehead atoms. The molecule has 1 saturated heterocycles. The normalized spacial score (nSPS) is 29.9. The number of pyridine rings is 1. The molecule has 3 rings (SSSR count). The van der Waals surface area contributed by atoms with Gasteiger partial charge < -0.3 is 10.0 Å². The molecule has 1 aromatic rings. The van der Waals surface area contributed by atoms with E-state index in [2.05, 4.69) is 16.0 Å². The first-order chi connectivity index (χ1) is 9.27. The summed E-state index contributed by atoms with van der Waals surface area (Å²) >= 11 is 0. The van der Waals surface area contributed by atoms with Crippen molar-refractivity contribution < 1.29 is 5.11 Å². The highest BCUT2D eigenvalue weighted by molar-refractivity contribution is 5.46. The lowest BCUT2D eigenvalue weighted by Crippen LogP contribution is -2.37. The second-order valence-electron chi connectivity index (χ2n) is 5.86. The SMILES string of the molecule is N#Cc1ccnc(N2CC3CCCCC3(CO)C2)c1. The van der Waals surface area contributed by atoms with Crippen molar-refractivity contribution in [3.63, 3.8) is 0 Å². The van der Waals surface area contributed by atoms with Gasteiger partial charge in [0.15, 0.2) is 0 Å². The van der Waals surface area contributed by atoms with Crippen LogP contribution in [0.2, 0.25) is 0 Å². The van der Waals surface area contributed by atoms with E-state index in [0.29, 0.717) is 11.5 Å².